The molecule has 1 unspecified atom stereocenters. The van der Waals surface area contributed by atoms with Gasteiger partial charge in [-0.1, -0.05) is 19.1 Å². The predicted molar refractivity (Wildman–Crippen MR) is 77.2 cm³/mol. The average Bonchev–Trinajstić information content (AvgIpc) is 2.36. The molecule has 1 amide bonds. The molecule has 104 valence electrons. The van der Waals surface area contributed by atoms with Crippen molar-refractivity contribution in [3.05, 3.63) is 33.8 Å². The molecule has 0 aliphatic carbocycles. The molecule has 4 nitrogen and oxygen atoms in total. The zero-order chi connectivity index (χ0) is 14.4. The smallest absolute Gasteiger partial charge is 0.303 e. The van der Waals surface area contributed by atoms with Gasteiger partial charge >= 0.3 is 5.97 Å². The Labute approximate surface area is 121 Å². The first-order chi connectivity index (χ1) is 8.91. The van der Waals surface area contributed by atoms with E-state index in [4.69, 9.17) is 5.11 Å². The van der Waals surface area contributed by atoms with Gasteiger partial charge in [0, 0.05) is 17.4 Å². The number of carboxylic acids is 1. The SMILES string of the molecule is Cc1cccc(C(=O)NCC(C)CCC(=O)O)c1Br. The summed E-state index contributed by atoms with van der Waals surface area (Å²) in [5.74, 6) is -0.805. The van der Waals surface area contributed by atoms with Crippen molar-refractivity contribution in [3.63, 3.8) is 0 Å². The molecule has 0 fully saturated rings. The van der Waals surface area contributed by atoms with Crippen molar-refractivity contribution in [3.8, 4) is 0 Å². The van der Waals surface area contributed by atoms with Crippen molar-refractivity contribution in [2.45, 2.75) is 26.7 Å². The molecule has 5 heteroatoms. The van der Waals surface area contributed by atoms with Gasteiger partial charge in [-0.15, -0.1) is 0 Å². The first-order valence-corrected chi connectivity index (χ1v) is 6.96. The lowest BCUT2D eigenvalue weighted by atomic mass is 10.1. The molecule has 0 saturated carbocycles. The highest BCUT2D eigenvalue weighted by Gasteiger charge is 2.12. The zero-order valence-electron chi connectivity index (χ0n) is 11.1. The Hall–Kier alpha value is -1.36. The lowest BCUT2D eigenvalue weighted by molar-refractivity contribution is -0.137. The molecule has 0 heterocycles. The van der Waals surface area contributed by atoms with Gasteiger partial charge in [0.2, 0.25) is 0 Å². The summed E-state index contributed by atoms with van der Waals surface area (Å²) in [6.45, 7) is 4.33. The third kappa shape index (κ3) is 5.03. The van der Waals surface area contributed by atoms with Crippen LogP contribution in [-0.2, 0) is 4.79 Å². The summed E-state index contributed by atoms with van der Waals surface area (Å²) in [4.78, 5) is 22.5. The summed E-state index contributed by atoms with van der Waals surface area (Å²) < 4.78 is 0.797. The monoisotopic (exact) mass is 327 g/mol. The maximum atomic E-state index is 12.0. The number of aliphatic carboxylic acids is 1. The molecule has 0 spiro atoms. The van der Waals surface area contributed by atoms with Crippen LogP contribution in [0.5, 0.6) is 0 Å². The fourth-order valence-electron chi connectivity index (χ4n) is 1.66. The topological polar surface area (TPSA) is 66.4 Å². The third-order valence-electron chi connectivity index (χ3n) is 2.90. The van der Waals surface area contributed by atoms with Gasteiger partial charge in [-0.25, -0.2) is 0 Å². The van der Waals surface area contributed by atoms with E-state index < -0.39 is 5.97 Å². The van der Waals surface area contributed by atoms with Gasteiger partial charge in [-0.3, -0.25) is 9.59 Å². The van der Waals surface area contributed by atoms with Crippen LogP contribution in [-0.4, -0.2) is 23.5 Å². The van der Waals surface area contributed by atoms with Gasteiger partial charge < -0.3 is 10.4 Å². The van der Waals surface area contributed by atoms with Crippen molar-refractivity contribution in [1.82, 2.24) is 5.32 Å². The molecule has 0 aliphatic rings. The number of amides is 1. The third-order valence-corrected chi connectivity index (χ3v) is 3.95. The number of carboxylic acid groups (broad SMARTS) is 1. The molecule has 1 aromatic rings. The fourth-order valence-corrected chi connectivity index (χ4v) is 2.10. The Bertz CT molecular complexity index is 474. The number of halogens is 1. The van der Waals surface area contributed by atoms with Gasteiger partial charge in [0.05, 0.1) is 5.56 Å². The van der Waals surface area contributed by atoms with Crippen molar-refractivity contribution < 1.29 is 14.7 Å². The summed E-state index contributed by atoms with van der Waals surface area (Å²) >= 11 is 3.40. The van der Waals surface area contributed by atoms with Crippen molar-refractivity contribution in [2.75, 3.05) is 6.54 Å². The standard InChI is InChI=1S/C14H18BrNO3/c1-9(6-7-12(17)18)8-16-14(19)11-5-3-4-10(2)13(11)15/h3-5,9H,6-8H2,1-2H3,(H,16,19)(H,17,18). The molecule has 2 N–H and O–H groups in total. The number of hydrogen-bond acceptors (Lipinski definition) is 2. The Morgan fingerprint density at radius 1 is 1.42 bits per heavy atom. The van der Waals surface area contributed by atoms with Crippen LogP contribution in [0.1, 0.15) is 35.7 Å². The quantitative estimate of drug-likeness (QED) is 0.844. The van der Waals surface area contributed by atoms with E-state index in [1.54, 1.807) is 6.07 Å². The predicted octanol–water partition coefficient (Wildman–Crippen LogP) is 2.99. The van der Waals surface area contributed by atoms with Crippen LogP contribution in [0.2, 0.25) is 0 Å². The van der Waals surface area contributed by atoms with Crippen LogP contribution in [0.25, 0.3) is 0 Å². The second kappa shape index (κ2) is 7.28. The molecule has 0 aliphatic heterocycles. The number of rotatable bonds is 6. The first kappa shape index (κ1) is 15.7. The highest BCUT2D eigenvalue weighted by Crippen LogP contribution is 2.20. The summed E-state index contributed by atoms with van der Waals surface area (Å²) in [7, 11) is 0. The zero-order valence-corrected chi connectivity index (χ0v) is 12.7. The molecular weight excluding hydrogens is 310 g/mol. The second-order valence-electron chi connectivity index (χ2n) is 4.68. The fraction of sp³-hybridized carbons (Fsp3) is 0.429. The van der Waals surface area contributed by atoms with E-state index in [2.05, 4.69) is 21.2 Å². The van der Waals surface area contributed by atoms with Gasteiger partial charge in [-0.2, -0.15) is 0 Å². The minimum absolute atomic E-state index is 0.130. The molecule has 0 saturated heterocycles. The molecule has 0 bridgehead atoms. The molecule has 1 atom stereocenters. The Morgan fingerprint density at radius 2 is 2.11 bits per heavy atom. The lowest BCUT2D eigenvalue weighted by Gasteiger charge is -2.12. The van der Waals surface area contributed by atoms with Crippen LogP contribution in [0.4, 0.5) is 0 Å². The number of carbonyl (C=O) groups excluding carboxylic acids is 1. The summed E-state index contributed by atoms with van der Waals surface area (Å²) in [6.07, 6.45) is 0.690. The van der Waals surface area contributed by atoms with Crippen LogP contribution in [0.3, 0.4) is 0 Å². The number of hydrogen-bond donors (Lipinski definition) is 2. The minimum atomic E-state index is -0.806. The molecule has 0 radical (unpaired) electrons. The van der Waals surface area contributed by atoms with E-state index in [1.165, 1.54) is 0 Å². The van der Waals surface area contributed by atoms with E-state index in [0.717, 1.165) is 10.0 Å². The lowest BCUT2D eigenvalue weighted by Crippen LogP contribution is -2.28. The highest BCUT2D eigenvalue weighted by atomic mass is 79.9. The highest BCUT2D eigenvalue weighted by molar-refractivity contribution is 9.10. The van der Waals surface area contributed by atoms with Crippen LogP contribution in [0, 0.1) is 12.8 Å². The minimum Gasteiger partial charge on any atom is -0.481 e. The number of aryl methyl sites for hydroxylation is 1. The van der Waals surface area contributed by atoms with Gasteiger partial charge in [0.1, 0.15) is 0 Å². The van der Waals surface area contributed by atoms with E-state index in [0.29, 0.717) is 18.5 Å². The van der Waals surface area contributed by atoms with Crippen molar-refractivity contribution >= 4 is 27.8 Å². The number of nitrogens with one attached hydrogen (secondary N) is 1. The molecular formula is C14H18BrNO3. The van der Waals surface area contributed by atoms with Crippen LogP contribution < -0.4 is 5.32 Å². The van der Waals surface area contributed by atoms with Gasteiger partial charge in [0.25, 0.3) is 5.91 Å². The molecule has 1 rings (SSSR count). The van der Waals surface area contributed by atoms with E-state index in [1.807, 2.05) is 26.0 Å². The van der Waals surface area contributed by atoms with Crippen molar-refractivity contribution in [2.24, 2.45) is 5.92 Å². The maximum absolute atomic E-state index is 12.0. The second-order valence-corrected chi connectivity index (χ2v) is 5.48. The summed E-state index contributed by atoms with van der Waals surface area (Å²) in [5.41, 5.74) is 1.61. The van der Waals surface area contributed by atoms with Gasteiger partial charge in [-0.05, 0) is 46.8 Å². The normalized spacial score (nSPS) is 11.9. The number of carbonyl (C=O) groups is 2. The van der Waals surface area contributed by atoms with Crippen molar-refractivity contribution in [1.29, 1.82) is 0 Å². The van der Waals surface area contributed by atoms with Crippen LogP contribution in [0.15, 0.2) is 22.7 Å². The summed E-state index contributed by atoms with van der Waals surface area (Å²) in [6, 6.07) is 5.52. The van der Waals surface area contributed by atoms with E-state index in [9.17, 15) is 9.59 Å². The Kier molecular flexibility index (Phi) is 6.02. The largest absolute Gasteiger partial charge is 0.481 e. The summed E-state index contributed by atoms with van der Waals surface area (Å²) in [5, 5.41) is 11.4. The van der Waals surface area contributed by atoms with Gasteiger partial charge in [0.15, 0.2) is 0 Å². The Balaban J connectivity index is 2.51. The molecule has 19 heavy (non-hydrogen) atoms. The molecule has 0 aromatic heterocycles. The van der Waals surface area contributed by atoms with Crippen LogP contribution >= 0.6 is 15.9 Å². The Morgan fingerprint density at radius 3 is 2.74 bits per heavy atom. The maximum Gasteiger partial charge on any atom is 0.303 e. The van der Waals surface area contributed by atoms with E-state index >= 15 is 0 Å². The molecule has 1 aromatic carbocycles. The number of benzene rings is 1. The first-order valence-electron chi connectivity index (χ1n) is 6.17. The average molecular weight is 328 g/mol. The van der Waals surface area contributed by atoms with E-state index in [-0.39, 0.29) is 18.2 Å².